The Morgan fingerprint density at radius 2 is 2.07 bits per heavy atom. The van der Waals surface area contributed by atoms with Gasteiger partial charge in [-0.1, -0.05) is 0 Å². The third kappa shape index (κ3) is 3.52. The molecule has 1 aromatic carbocycles. The maximum Gasteiger partial charge on any atom is 0.414 e. The van der Waals surface area contributed by atoms with E-state index in [-0.39, 0.29) is 11.8 Å². The van der Waals surface area contributed by atoms with Crippen molar-refractivity contribution in [2.75, 3.05) is 12.0 Å². The molecular weight excluding hydrogens is 379 g/mol. The quantitative estimate of drug-likeness (QED) is 0.829. The summed E-state index contributed by atoms with van der Waals surface area (Å²) in [5.74, 6) is -1.01. The number of alkyl halides is 1. The molecule has 4 rings (SSSR count). The molecule has 154 valence electrons. The largest absolute Gasteiger partial charge is 0.452 e. The maximum atomic E-state index is 14.2. The Bertz CT molecular complexity index is 956. The van der Waals surface area contributed by atoms with Crippen molar-refractivity contribution in [1.29, 1.82) is 0 Å². The van der Waals surface area contributed by atoms with Crippen LogP contribution in [-0.4, -0.2) is 41.3 Å². The predicted octanol–water partition coefficient (Wildman–Crippen LogP) is 2.95. The second kappa shape index (κ2) is 7.38. The van der Waals surface area contributed by atoms with E-state index in [9.17, 15) is 14.0 Å². The van der Waals surface area contributed by atoms with E-state index in [4.69, 9.17) is 15.2 Å². The van der Waals surface area contributed by atoms with Crippen LogP contribution in [0.25, 0.3) is 11.1 Å². The van der Waals surface area contributed by atoms with Crippen LogP contribution < -0.4 is 15.4 Å². The Kier molecular flexibility index (Phi) is 4.89. The fourth-order valence-corrected chi connectivity index (χ4v) is 3.72. The number of hydrogen-bond acceptors (Lipinski definition) is 5. The van der Waals surface area contributed by atoms with E-state index in [0.29, 0.717) is 35.7 Å². The van der Waals surface area contributed by atoms with E-state index in [1.165, 1.54) is 12.0 Å². The number of methoxy groups -OCH3 is 1. The molecule has 1 unspecified atom stereocenters. The summed E-state index contributed by atoms with van der Waals surface area (Å²) in [5, 5.41) is 4.38. The highest BCUT2D eigenvalue weighted by Crippen LogP contribution is 2.44. The summed E-state index contributed by atoms with van der Waals surface area (Å²) in [6.45, 7) is 1.91. The first-order valence-electron chi connectivity index (χ1n) is 9.58. The molecular formula is C20H23FN4O4. The van der Waals surface area contributed by atoms with Crippen LogP contribution in [0.4, 0.5) is 14.9 Å². The molecule has 0 bridgehead atoms. The molecule has 0 radical (unpaired) electrons. The molecule has 29 heavy (non-hydrogen) atoms. The Labute approximate surface area is 167 Å². The fourth-order valence-electron chi connectivity index (χ4n) is 3.72. The Morgan fingerprint density at radius 1 is 1.31 bits per heavy atom. The van der Waals surface area contributed by atoms with Crippen molar-refractivity contribution >= 4 is 17.7 Å². The Balaban J connectivity index is 1.83. The molecule has 2 aromatic rings. The number of fused-ring (bicyclic) bond motifs is 1. The lowest BCUT2D eigenvalue weighted by atomic mass is 9.92. The van der Waals surface area contributed by atoms with Crippen LogP contribution in [0.3, 0.4) is 0 Å². The topological polar surface area (TPSA) is 99.7 Å². The van der Waals surface area contributed by atoms with Crippen molar-refractivity contribution in [3.8, 4) is 16.9 Å². The molecule has 2 heterocycles. The van der Waals surface area contributed by atoms with Gasteiger partial charge in [-0.25, -0.2) is 4.79 Å². The third-order valence-corrected chi connectivity index (χ3v) is 5.40. The maximum absolute atomic E-state index is 14.2. The van der Waals surface area contributed by atoms with Crippen LogP contribution in [0, 0.1) is 0 Å². The van der Waals surface area contributed by atoms with Crippen molar-refractivity contribution in [3.63, 3.8) is 0 Å². The van der Waals surface area contributed by atoms with E-state index in [1.807, 2.05) is 17.8 Å². The van der Waals surface area contributed by atoms with Crippen molar-refractivity contribution in [2.45, 2.75) is 51.0 Å². The van der Waals surface area contributed by atoms with E-state index >= 15 is 0 Å². The second-order valence-electron chi connectivity index (χ2n) is 7.44. The molecule has 0 saturated heterocycles. The monoisotopic (exact) mass is 402 g/mol. The average molecular weight is 402 g/mol. The van der Waals surface area contributed by atoms with Gasteiger partial charge in [0.15, 0.2) is 0 Å². The van der Waals surface area contributed by atoms with Crippen LogP contribution in [0.2, 0.25) is 0 Å². The van der Waals surface area contributed by atoms with E-state index in [2.05, 4.69) is 5.10 Å². The van der Waals surface area contributed by atoms with Gasteiger partial charge in [-0.05, 0) is 44.7 Å². The van der Waals surface area contributed by atoms with Crippen LogP contribution in [0.5, 0.6) is 5.75 Å². The molecule has 2 atom stereocenters. The van der Waals surface area contributed by atoms with Crippen molar-refractivity contribution in [3.05, 3.63) is 30.1 Å². The number of aromatic nitrogens is 2. The number of carbonyl (C=O) groups is 2. The number of benzene rings is 1. The SMILES string of the molecule is COC(=O)N1c2ccc(-c3cnn(C4CC4)c3)c(O[C@@H](F)C(N)=O)c2CCC1C. The molecule has 8 nitrogen and oxygen atoms in total. The zero-order valence-corrected chi connectivity index (χ0v) is 16.3. The lowest BCUT2D eigenvalue weighted by Gasteiger charge is -2.35. The molecule has 2 N–H and O–H groups in total. The summed E-state index contributed by atoms with van der Waals surface area (Å²) in [4.78, 5) is 25.2. The van der Waals surface area contributed by atoms with E-state index < -0.39 is 18.4 Å². The van der Waals surface area contributed by atoms with Gasteiger partial charge in [0.2, 0.25) is 0 Å². The molecule has 1 aliphatic heterocycles. The van der Waals surface area contributed by atoms with Crippen molar-refractivity contribution < 1.29 is 23.5 Å². The lowest BCUT2D eigenvalue weighted by molar-refractivity contribution is -0.131. The van der Waals surface area contributed by atoms with Gasteiger partial charge in [-0.2, -0.15) is 9.49 Å². The van der Waals surface area contributed by atoms with Gasteiger partial charge in [0.05, 0.1) is 25.0 Å². The van der Waals surface area contributed by atoms with E-state index in [1.54, 1.807) is 18.3 Å². The number of ether oxygens (including phenoxy) is 2. The first-order chi connectivity index (χ1) is 13.9. The number of carbonyl (C=O) groups excluding carboxylic acids is 2. The normalized spacial score (nSPS) is 19.4. The number of hydrogen-bond donors (Lipinski definition) is 1. The summed E-state index contributed by atoms with van der Waals surface area (Å²) in [5.41, 5.74) is 7.62. The first-order valence-corrected chi connectivity index (χ1v) is 9.58. The second-order valence-corrected chi connectivity index (χ2v) is 7.44. The first kappa shape index (κ1) is 19.2. The van der Waals surface area contributed by atoms with Crippen LogP contribution in [-0.2, 0) is 16.0 Å². The van der Waals surface area contributed by atoms with Gasteiger partial charge in [-0.3, -0.25) is 14.4 Å². The molecule has 1 aromatic heterocycles. The standard InChI is InChI=1S/C20H23FN4O4/c1-11-3-6-15-16(25(11)20(27)28-2)8-7-14(17(15)29-18(21)19(22)26)12-9-23-24(10-12)13-4-5-13/h7-11,13,18H,3-6H2,1-2H3,(H2,22,26)/t11?,18-/m1/s1. The van der Waals surface area contributed by atoms with Gasteiger partial charge in [0.25, 0.3) is 5.91 Å². The number of amides is 2. The molecule has 9 heteroatoms. The summed E-state index contributed by atoms with van der Waals surface area (Å²) in [7, 11) is 1.31. The fraction of sp³-hybridized carbons (Fsp3) is 0.450. The smallest absolute Gasteiger partial charge is 0.414 e. The third-order valence-electron chi connectivity index (χ3n) is 5.40. The number of nitrogens with two attached hydrogens (primary N) is 1. The predicted molar refractivity (Wildman–Crippen MR) is 103 cm³/mol. The van der Waals surface area contributed by atoms with Gasteiger partial charge in [0.1, 0.15) is 5.75 Å². The Hall–Kier alpha value is -3.10. The highest BCUT2D eigenvalue weighted by molar-refractivity contribution is 5.92. The summed E-state index contributed by atoms with van der Waals surface area (Å²) in [6, 6.07) is 3.82. The minimum Gasteiger partial charge on any atom is -0.452 e. The minimum atomic E-state index is -2.30. The summed E-state index contributed by atoms with van der Waals surface area (Å²) >= 11 is 0. The molecule has 1 aliphatic carbocycles. The van der Waals surface area contributed by atoms with E-state index in [0.717, 1.165) is 18.4 Å². The molecule has 2 aliphatic rings. The number of anilines is 1. The van der Waals surface area contributed by atoms with Crippen molar-refractivity contribution in [2.24, 2.45) is 5.73 Å². The summed E-state index contributed by atoms with van der Waals surface area (Å²) in [6.07, 6.45) is 4.10. The molecule has 1 fully saturated rings. The molecule has 0 spiro atoms. The van der Waals surface area contributed by atoms with Gasteiger partial charge < -0.3 is 15.2 Å². The van der Waals surface area contributed by atoms with Crippen molar-refractivity contribution in [1.82, 2.24) is 9.78 Å². The average Bonchev–Trinajstić information content (AvgIpc) is 3.44. The zero-order chi connectivity index (χ0) is 20.7. The van der Waals surface area contributed by atoms with Gasteiger partial charge >= 0.3 is 12.5 Å². The Morgan fingerprint density at radius 3 is 2.72 bits per heavy atom. The van der Waals surface area contributed by atoms with Crippen LogP contribution >= 0.6 is 0 Å². The molecule has 2 amide bonds. The highest BCUT2D eigenvalue weighted by Gasteiger charge is 2.33. The number of halogens is 1. The zero-order valence-electron chi connectivity index (χ0n) is 16.3. The highest BCUT2D eigenvalue weighted by atomic mass is 19.1. The van der Waals surface area contributed by atoms with Gasteiger partial charge in [-0.15, -0.1) is 0 Å². The number of primary amides is 1. The number of rotatable bonds is 5. The minimum absolute atomic E-state index is 0.0939. The number of nitrogens with zero attached hydrogens (tertiary/aromatic N) is 3. The van der Waals surface area contributed by atoms with Gasteiger partial charge in [0, 0.05) is 28.9 Å². The molecule has 1 saturated carbocycles. The summed E-state index contributed by atoms with van der Waals surface area (Å²) < 4.78 is 26.4. The lowest BCUT2D eigenvalue weighted by Crippen LogP contribution is -2.42. The van der Waals surface area contributed by atoms with Crippen LogP contribution in [0.15, 0.2) is 24.5 Å². The van der Waals surface area contributed by atoms with Crippen LogP contribution in [0.1, 0.15) is 37.8 Å².